The lowest BCUT2D eigenvalue weighted by Crippen LogP contribution is -2.35. The summed E-state index contributed by atoms with van der Waals surface area (Å²) < 4.78 is 48.8. The fourth-order valence-electron chi connectivity index (χ4n) is 4.16. The Bertz CT molecular complexity index is 1310. The predicted molar refractivity (Wildman–Crippen MR) is 141 cm³/mol. The molecule has 1 fully saturated rings. The monoisotopic (exact) mass is 545 g/mol. The molecular weight excluding hydrogens is 510 g/mol. The Hall–Kier alpha value is -3.16. The first-order valence-corrected chi connectivity index (χ1v) is 14.2. The van der Waals surface area contributed by atoms with E-state index in [9.17, 15) is 8.42 Å². The third-order valence-corrected chi connectivity index (χ3v) is 7.89. The second-order valence-corrected chi connectivity index (χ2v) is 11.6. The molecule has 13 heteroatoms. The molecule has 1 aliphatic rings. The Morgan fingerprint density at radius 1 is 1.16 bits per heavy atom. The van der Waals surface area contributed by atoms with E-state index in [1.807, 2.05) is 20.8 Å². The molecule has 1 unspecified atom stereocenters. The van der Waals surface area contributed by atoms with Crippen molar-refractivity contribution in [3.8, 4) is 17.4 Å². The number of ether oxygens (including phenoxy) is 3. The second kappa shape index (κ2) is 12.1. The van der Waals surface area contributed by atoms with Crippen LogP contribution in [0.3, 0.4) is 0 Å². The van der Waals surface area contributed by atoms with Gasteiger partial charge in [-0.05, 0) is 58.6 Å². The molecule has 4 heterocycles. The van der Waals surface area contributed by atoms with Crippen molar-refractivity contribution in [2.75, 3.05) is 18.4 Å². The van der Waals surface area contributed by atoms with Crippen molar-refractivity contribution in [1.29, 1.82) is 0 Å². The van der Waals surface area contributed by atoms with Crippen LogP contribution in [-0.2, 0) is 26.0 Å². The average Bonchev–Trinajstić information content (AvgIpc) is 3.29. The Morgan fingerprint density at radius 2 is 1.92 bits per heavy atom. The van der Waals surface area contributed by atoms with E-state index in [1.54, 1.807) is 42.1 Å². The van der Waals surface area contributed by atoms with Crippen LogP contribution in [0, 0.1) is 6.92 Å². The third kappa shape index (κ3) is 6.63. The zero-order valence-electron chi connectivity index (χ0n) is 22.4. The first kappa shape index (κ1) is 27.9. The van der Waals surface area contributed by atoms with Gasteiger partial charge in [-0.25, -0.2) is 23.4 Å². The van der Waals surface area contributed by atoms with Gasteiger partial charge in [-0.15, -0.1) is 10.2 Å². The van der Waals surface area contributed by atoms with E-state index in [-0.39, 0.29) is 18.2 Å². The number of aryl methyl sites for hydroxylation is 1. The minimum Gasteiger partial charge on any atom is -0.481 e. The zero-order valence-corrected chi connectivity index (χ0v) is 23.2. The topological polar surface area (TPSA) is 143 Å². The highest BCUT2D eigenvalue weighted by molar-refractivity contribution is 7.93. The summed E-state index contributed by atoms with van der Waals surface area (Å²) >= 11 is 0. The zero-order chi connectivity index (χ0) is 27.3. The van der Waals surface area contributed by atoms with E-state index in [2.05, 4.69) is 29.9 Å². The highest BCUT2D eigenvalue weighted by Gasteiger charge is 2.36. The SMILES string of the molecule is COc1cccc(-c2nnc(NS(=O)(=O)[C@@H](C)[C@@H](OC(C)C)c3ncc(C)cn3)n2CC2CCCCO2)n1. The second-order valence-electron chi connectivity index (χ2n) is 9.59. The highest BCUT2D eigenvalue weighted by atomic mass is 32.2. The Balaban J connectivity index is 1.67. The van der Waals surface area contributed by atoms with E-state index in [0.29, 0.717) is 36.4 Å². The number of anilines is 1. The fourth-order valence-corrected chi connectivity index (χ4v) is 5.26. The summed E-state index contributed by atoms with van der Waals surface area (Å²) in [4.78, 5) is 13.1. The van der Waals surface area contributed by atoms with Gasteiger partial charge in [0, 0.05) is 25.1 Å². The van der Waals surface area contributed by atoms with Crippen LogP contribution in [-0.4, -0.2) is 69.3 Å². The molecule has 38 heavy (non-hydrogen) atoms. The highest BCUT2D eigenvalue weighted by Crippen LogP contribution is 2.28. The summed E-state index contributed by atoms with van der Waals surface area (Å²) in [6.07, 6.45) is 4.90. The summed E-state index contributed by atoms with van der Waals surface area (Å²) in [5.74, 6) is 1.17. The van der Waals surface area contributed by atoms with E-state index in [1.165, 1.54) is 7.11 Å². The molecule has 1 N–H and O–H groups in total. The molecule has 0 radical (unpaired) electrons. The molecule has 0 amide bonds. The number of sulfonamides is 1. The van der Waals surface area contributed by atoms with Gasteiger partial charge in [0.05, 0.1) is 25.9 Å². The molecule has 206 valence electrons. The number of methoxy groups -OCH3 is 1. The van der Waals surface area contributed by atoms with Gasteiger partial charge in [0.15, 0.2) is 11.6 Å². The van der Waals surface area contributed by atoms with Crippen molar-refractivity contribution >= 4 is 16.0 Å². The summed E-state index contributed by atoms with van der Waals surface area (Å²) in [7, 11) is -2.50. The Labute approximate surface area is 223 Å². The molecule has 0 aromatic carbocycles. The largest absolute Gasteiger partial charge is 0.481 e. The molecule has 3 atom stereocenters. The maximum Gasteiger partial charge on any atom is 0.240 e. The maximum atomic E-state index is 13.7. The van der Waals surface area contributed by atoms with Gasteiger partial charge in [-0.1, -0.05) is 6.07 Å². The molecule has 3 aromatic rings. The average molecular weight is 546 g/mol. The van der Waals surface area contributed by atoms with Gasteiger partial charge in [0.1, 0.15) is 17.0 Å². The Morgan fingerprint density at radius 3 is 2.58 bits per heavy atom. The van der Waals surface area contributed by atoms with Crippen LogP contribution in [0.15, 0.2) is 30.6 Å². The molecule has 1 saturated heterocycles. The van der Waals surface area contributed by atoms with Crippen LogP contribution >= 0.6 is 0 Å². The minimum atomic E-state index is -4.03. The van der Waals surface area contributed by atoms with Crippen LogP contribution < -0.4 is 9.46 Å². The lowest BCUT2D eigenvalue weighted by molar-refractivity contribution is 0.00148. The molecule has 3 aromatic heterocycles. The third-order valence-electron chi connectivity index (χ3n) is 6.20. The number of pyridine rings is 1. The van der Waals surface area contributed by atoms with Crippen LogP contribution in [0.5, 0.6) is 5.88 Å². The normalized spacial score (nSPS) is 17.8. The van der Waals surface area contributed by atoms with E-state index in [0.717, 1.165) is 24.8 Å². The van der Waals surface area contributed by atoms with Crippen molar-refractivity contribution in [1.82, 2.24) is 29.7 Å². The Kier molecular flexibility index (Phi) is 8.90. The number of hydrogen-bond acceptors (Lipinski definition) is 10. The lowest BCUT2D eigenvalue weighted by atomic mass is 10.1. The molecule has 0 saturated carbocycles. The molecule has 0 spiro atoms. The van der Waals surface area contributed by atoms with Crippen molar-refractivity contribution in [3.63, 3.8) is 0 Å². The van der Waals surface area contributed by atoms with Gasteiger partial charge >= 0.3 is 0 Å². The van der Waals surface area contributed by atoms with Gasteiger partial charge < -0.3 is 14.2 Å². The van der Waals surface area contributed by atoms with Crippen LogP contribution in [0.25, 0.3) is 11.5 Å². The molecule has 0 bridgehead atoms. The van der Waals surface area contributed by atoms with Crippen LogP contribution in [0.1, 0.15) is 57.5 Å². The molecular formula is C25H35N7O5S. The van der Waals surface area contributed by atoms with E-state index < -0.39 is 21.4 Å². The maximum absolute atomic E-state index is 13.7. The lowest BCUT2D eigenvalue weighted by Gasteiger charge is -2.26. The van der Waals surface area contributed by atoms with Gasteiger partial charge in [0.25, 0.3) is 0 Å². The molecule has 0 aliphatic carbocycles. The van der Waals surface area contributed by atoms with Gasteiger partial charge in [-0.2, -0.15) is 0 Å². The minimum absolute atomic E-state index is 0.0683. The van der Waals surface area contributed by atoms with Crippen LogP contribution in [0.2, 0.25) is 0 Å². The van der Waals surface area contributed by atoms with E-state index in [4.69, 9.17) is 14.2 Å². The summed E-state index contributed by atoms with van der Waals surface area (Å²) in [6.45, 7) is 8.11. The number of aromatic nitrogens is 6. The number of hydrogen-bond donors (Lipinski definition) is 1. The van der Waals surface area contributed by atoms with Gasteiger partial charge in [0.2, 0.25) is 21.9 Å². The van der Waals surface area contributed by atoms with Crippen LogP contribution in [0.4, 0.5) is 5.95 Å². The smallest absolute Gasteiger partial charge is 0.240 e. The number of rotatable bonds is 11. The standard InChI is InChI=1S/C25H35N7O5S/c1-16(2)37-22(23-26-13-17(3)14-27-23)18(4)38(33,34)31-25-30-29-24(20-10-8-11-21(28-20)35-5)32(25)15-19-9-6-7-12-36-19/h8,10-11,13-14,16,18-19,22H,6-7,9,12,15H2,1-5H3,(H,30,31)/t18-,19?,22+/m0/s1. The van der Waals surface area contributed by atoms with Crippen molar-refractivity contribution in [2.24, 2.45) is 0 Å². The first-order valence-electron chi connectivity index (χ1n) is 12.7. The summed E-state index contributed by atoms with van der Waals surface area (Å²) in [6, 6.07) is 5.29. The fraction of sp³-hybridized carbons (Fsp3) is 0.560. The quantitative estimate of drug-likeness (QED) is 0.381. The molecule has 1 aliphatic heterocycles. The van der Waals surface area contributed by atoms with E-state index >= 15 is 0 Å². The van der Waals surface area contributed by atoms with Gasteiger partial charge in [-0.3, -0.25) is 9.29 Å². The predicted octanol–water partition coefficient (Wildman–Crippen LogP) is 3.31. The molecule has 4 rings (SSSR count). The number of nitrogens with one attached hydrogen (secondary N) is 1. The number of nitrogens with zero attached hydrogens (tertiary/aromatic N) is 6. The van der Waals surface area contributed by atoms with Crippen molar-refractivity contribution in [3.05, 3.63) is 42.0 Å². The van der Waals surface area contributed by atoms with Crippen molar-refractivity contribution < 1.29 is 22.6 Å². The summed E-state index contributed by atoms with van der Waals surface area (Å²) in [5, 5.41) is 7.45. The summed E-state index contributed by atoms with van der Waals surface area (Å²) in [5.41, 5.74) is 1.36. The molecule has 12 nitrogen and oxygen atoms in total. The first-order chi connectivity index (χ1) is 18.2. The van der Waals surface area contributed by atoms with Crippen molar-refractivity contribution in [2.45, 2.75) is 77.1 Å².